The second-order valence-corrected chi connectivity index (χ2v) is 8.67. The summed E-state index contributed by atoms with van der Waals surface area (Å²) >= 11 is 5.96. The van der Waals surface area contributed by atoms with Gasteiger partial charge in [-0.2, -0.15) is 4.98 Å². The Morgan fingerprint density at radius 3 is 2.37 bits per heavy atom. The Hall–Kier alpha value is -3.52. The third-order valence-corrected chi connectivity index (χ3v) is 5.88. The summed E-state index contributed by atoms with van der Waals surface area (Å²) < 4.78 is 20.2. The summed E-state index contributed by atoms with van der Waals surface area (Å²) in [4.78, 5) is 24.7. The van der Waals surface area contributed by atoms with Gasteiger partial charge < -0.3 is 14.6 Å². The molecular weight excluding hydrogens is 469 g/mol. The van der Waals surface area contributed by atoms with Gasteiger partial charge in [0, 0.05) is 13.1 Å². The number of imidazole rings is 1. The van der Waals surface area contributed by atoms with Crippen molar-refractivity contribution in [1.82, 2.24) is 24.8 Å². The molecule has 0 bridgehead atoms. The molecule has 2 aromatic carbocycles. The maximum atomic E-state index is 13.0. The van der Waals surface area contributed by atoms with E-state index in [2.05, 4.69) is 20.3 Å². The molecule has 2 heterocycles. The number of ether oxygens (including phenoxy) is 1. The van der Waals surface area contributed by atoms with Gasteiger partial charge in [-0.25, -0.2) is 19.2 Å². The number of fused-ring (bicyclic) bond motifs is 1. The highest BCUT2D eigenvalue weighted by atomic mass is 35.5. The molecule has 0 spiro atoms. The van der Waals surface area contributed by atoms with Gasteiger partial charge in [0.1, 0.15) is 11.3 Å². The van der Waals surface area contributed by atoms with Crippen LogP contribution in [0, 0.1) is 12.7 Å². The van der Waals surface area contributed by atoms with E-state index in [-0.39, 0.29) is 11.1 Å². The molecule has 0 unspecified atom stereocenters. The van der Waals surface area contributed by atoms with Crippen molar-refractivity contribution < 1.29 is 13.9 Å². The Morgan fingerprint density at radius 2 is 1.66 bits per heavy atom. The van der Waals surface area contributed by atoms with Gasteiger partial charge in [-0.1, -0.05) is 36.4 Å². The van der Waals surface area contributed by atoms with E-state index >= 15 is 0 Å². The first kappa shape index (κ1) is 24.6. The molecule has 1 N–H and O–H groups in total. The molecule has 0 atom stereocenters. The van der Waals surface area contributed by atoms with Crippen molar-refractivity contribution in [1.29, 1.82) is 0 Å². The molecule has 1 amide bonds. The van der Waals surface area contributed by atoms with Gasteiger partial charge in [-0.05, 0) is 73.0 Å². The number of halogens is 2. The number of benzene rings is 2. The van der Waals surface area contributed by atoms with Crippen molar-refractivity contribution in [2.24, 2.45) is 0 Å². The van der Waals surface area contributed by atoms with Crippen LogP contribution >= 0.6 is 11.6 Å². The van der Waals surface area contributed by atoms with Gasteiger partial charge >= 0.3 is 6.09 Å². The number of nitrogens with zero attached hydrogens (tertiary/aromatic N) is 4. The van der Waals surface area contributed by atoms with Crippen LogP contribution in [0.1, 0.15) is 35.2 Å². The number of aryl methyl sites for hydroxylation is 4. The van der Waals surface area contributed by atoms with Crippen molar-refractivity contribution in [3.05, 3.63) is 88.3 Å². The maximum absolute atomic E-state index is 13.0. The molecule has 35 heavy (non-hydrogen) atoms. The number of aromatic nitrogens is 4. The average molecular weight is 496 g/mol. The first-order valence-corrected chi connectivity index (χ1v) is 11.9. The molecule has 4 rings (SSSR count). The summed E-state index contributed by atoms with van der Waals surface area (Å²) in [6.07, 6.45) is 4.53. The fraction of sp³-hybridized carbons (Fsp3) is 0.308. The molecular formula is C26H27ClFN5O2. The van der Waals surface area contributed by atoms with Crippen LogP contribution in [0.5, 0.6) is 0 Å². The predicted octanol–water partition coefficient (Wildman–Crippen LogP) is 5.42. The zero-order chi connectivity index (χ0) is 24.6. The molecule has 9 heteroatoms. The van der Waals surface area contributed by atoms with Crippen LogP contribution in [-0.4, -0.2) is 32.2 Å². The largest absolute Gasteiger partial charge is 0.450 e. The molecule has 0 radical (unpaired) electrons. The smallest absolute Gasteiger partial charge is 0.407 e. The second kappa shape index (κ2) is 11.8. The normalized spacial score (nSPS) is 11.1. The number of rotatable bonds is 10. The van der Waals surface area contributed by atoms with Crippen LogP contribution in [0.4, 0.5) is 9.18 Å². The number of nitrogens with one attached hydrogen (secondary N) is 1. The molecule has 0 fully saturated rings. The molecule has 0 saturated heterocycles. The lowest BCUT2D eigenvalue weighted by Crippen LogP contribution is -2.24. The maximum Gasteiger partial charge on any atom is 0.407 e. The monoisotopic (exact) mass is 495 g/mol. The Kier molecular flexibility index (Phi) is 8.26. The number of hydrogen-bond acceptors (Lipinski definition) is 5. The minimum atomic E-state index is -0.436. The van der Waals surface area contributed by atoms with E-state index in [0.717, 1.165) is 41.6 Å². The minimum absolute atomic E-state index is 0.205. The average Bonchev–Trinajstić information content (AvgIpc) is 3.26. The van der Waals surface area contributed by atoms with Crippen molar-refractivity contribution in [3.8, 4) is 0 Å². The number of amides is 1. The number of carbonyl (C=O) groups excluding carboxylic acids is 1. The van der Waals surface area contributed by atoms with Gasteiger partial charge in [0.25, 0.3) is 0 Å². The van der Waals surface area contributed by atoms with E-state index in [1.54, 1.807) is 6.33 Å². The molecule has 0 aliphatic rings. The lowest BCUT2D eigenvalue weighted by molar-refractivity contribution is 0.143. The molecule has 2 aromatic heterocycles. The molecule has 0 saturated carbocycles. The highest BCUT2D eigenvalue weighted by Gasteiger charge is 2.09. The van der Waals surface area contributed by atoms with Gasteiger partial charge in [-0.3, -0.25) is 0 Å². The first-order valence-electron chi connectivity index (χ1n) is 11.6. The molecule has 7 nitrogen and oxygen atoms in total. The Bertz CT molecular complexity index is 1280. The first-order chi connectivity index (χ1) is 17.0. The Morgan fingerprint density at radius 1 is 1.00 bits per heavy atom. The highest BCUT2D eigenvalue weighted by Crippen LogP contribution is 2.16. The molecule has 182 valence electrons. The summed E-state index contributed by atoms with van der Waals surface area (Å²) in [5, 5.41) is 2.98. The third kappa shape index (κ3) is 6.99. The van der Waals surface area contributed by atoms with Gasteiger partial charge in [0.15, 0.2) is 5.65 Å². The Labute approximate surface area is 208 Å². The number of alkyl carbamates (subject to hydrolysis) is 1. The fourth-order valence-corrected chi connectivity index (χ4v) is 3.96. The summed E-state index contributed by atoms with van der Waals surface area (Å²) in [5.41, 5.74) is 5.49. The van der Waals surface area contributed by atoms with Crippen molar-refractivity contribution in [3.63, 3.8) is 0 Å². The van der Waals surface area contributed by atoms with E-state index in [1.807, 2.05) is 47.9 Å². The summed E-state index contributed by atoms with van der Waals surface area (Å²) in [6, 6.07) is 14.7. The van der Waals surface area contributed by atoms with E-state index < -0.39 is 6.09 Å². The number of hydrogen-bond donors (Lipinski definition) is 1. The zero-order valence-electron chi connectivity index (χ0n) is 19.5. The number of unbranched alkanes of at least 4 members (excludes halogenated alkanes) is 1. The summed E-state index contributed by atoms with van der Waals surface area (Å²) in [7, 11) is 0. The SMILES string of the molecule is Cc1nc(Cl)nc2c1ncn2CCCCOC(=O)NCc1ccc(CCc2ccc(F)cc2)cc1. The van der Waals surface area contributed by atoms with Gasteiger partial charge in [-0.15, -0.1) is 0 Å². The van der Waals surface area contributed by atoms with Crippen LogP contribution in [-0.2, 0) is 30.7 Å². The van der Waals surface area contributed by atoms with Crippen LogP contribution < -0.4 is 5.32 Å². The van der Waals surface area contributed by atoms with Crippen LogP contribution in [0.3, 0.4) is 0 Å². The fourth-order valence-electron chi connectivity index (χ4n) is 3.75. The summed E-state index contributed by atoms with van der Waals surface area (Å²) in [5.74, 6) is -0.219. The van der Waals surface area contributed by atoms with Gasteiger partial charge in [0.2, 0.25) is 5.28 Å². The van der Waals surface area contributed by atoms with E-state index in [0.29, 0.717) is 31.8 Å². The standard InChI is InChI=1S/C26H27ClFN5O2/c1-18-23-24(32-25(27)31-18)33(17-30-23)14-2-3-15-35-26(34)29-16-21-8-6-19(7-9-21)4-5-20-10-12-22(28)13-11-20/h6-13,17H,2-5,14-16H2,1H3,(H,29,34). The minimum Gasteiger partial charge on any atom is -0.450 e. The highest BCUT2D eigenvalue weighted by molar-refractivity contribution is 6.28. The molecule has 4 aromatic rings. The van der Waals surface area contributed by atoms with Crippen molar-refractivity contribution in [2.45, 2.75) is 45.7 Å². The predicted molar refractivity (Wildman–Crippen MR) is 133 cm³/mol. The zero-order valence-corrected chi connectivity index (χ0v) is 20.3. The van der Waals surface area contributed by atoms with E-state index in [1.165, 1.54) is 17.7 Å². The second-order valence-electron chi connectivity index (χ2n) is 8.33. The van der Waals surface area contributed by atoms with Crippen LogP contribution in [0.2, 0.25) is 5.28 Å². The number of carbonyl (C=O) groups is 1. The quantitative estimate of drug-likeness (QED) is 0.235. The topological polar surface area (TPSA) is 81.9 Å². The van der Waals surface area contributed by atoms with E-state index in [9.17, 15) is 9.18 Å². The van der Waals surface area contributed by atoms with Crippen molar-refractivity contribution >= 4 is 28.9 Å². The summed E-state index contributed by atoms with van der Waals surface area (Å²) in [6.45, 7) is 3.28. The Balaban J connectivity index is 1.12. The molecule has 0 aliphatic heterocycles. The van der Waals surface area contributed by atoms with Crippen LogP contribution in [0.15, 0.2) is 54.9 Å². The van der Waals surface area contributed by atoms with Crippen LogP contribution in [0.25, 0.3) is 11.2 Å². The lowest BCUT2D eigenvalue weighted by atomic mass is 10.0. The lowest BCUT2D eigenvalue weighted by Gasteiger charge is -2.08. The third-order valence-electron chi connectivity index (χ3n) is 5.71. The van der Waals surface area contributed by atoms with Gasteiger partial charge in [0.05, 0.1) is 18.6 Å². The molecule has 0 aliphatic carbocycles. The van der Waals surface area contributed by atoms with Crippen molar-refractivity contribution in [2.75, 3.05) is 6.61 Å². The van der Waals surface area contributed by atoms with E-state index in [4.69, 9.17) is 16.3 Å².